The van der Waals surface area contributed by atoms with Crippen LogP contribution in [0, 0.1) is 6.92 Å². The highest BCUT2D eigenvalue weighted by Crippen LogP contribution is 2.26. The molecule has 2 heterocycles. The molecule has 1 unspecified atom stereocenters. The van der Waals surface area contributed by atoms with Crippen LogP contribution >= 0.6 is 0 Å². The van der Waals surface area contributed by atoms with Crippen molar-refractivity contribution in [1.29, 1.82) is 0 Å². The van der Waals surface area contributed by atoms with E-state index in [1.54, 1.807) is 17.9 Å². The van der Waals surface area contributed by atoms with Crippen LogP contribution in [0.25, 0.3) is 11.1 Å². The molecule has 0 spiro atoms. The third-order valence-corrected chi connectivity index (χ3v) is 2.89. The van der Waals surface area contributed by atoms with Crippen molar-refractivity contribution in [3.8, 4) is 0 Å². The standard InChI is InChI=1S/C12H12N2O3/c1-7-13-10-4-8(2-3-11(10)17-7)14-6-9(15)5-12(14)16/h2-4,9,15H,5-6H2,1H3. The molecule has 0 saturated carbocycles. The van der Waals surface area contributed by atoms with Gasteiger partial charge in [0.2, 0.25) is 5.91 Å². The summed E-state index contributed by atoms with van der Waals surface area (Å²) in [4.78, 5) is 17.4. The van der Waals surface area contributed by atoms with Gasteiger partial charge in [0.1, 0.15) is 5.52 Å². The van der Waals surface area contributed by atoms with Crippen LogP contribution in [0.5, 0.6) is 0 Å². The number of oxazole rings is 1. The van der Waals surface area contributed by atoms with Crippen molar-refractivity contribution in [2.75, 3.05) is 11.4 Å². The van der Waals surface area contributed by atoms with Gasteiger partial charge in [-0.2, -0.15) is 0 Å². The minimum Gasteiger partial charge on any atom is -0.441 e. The van der Waals surface area contributed by atoms with Crippen LogP contribution in [0.3, 0.4) is 0 Å². The number of aryl methyl sites for hydroxylation is 1. The second kappa shape index (κ2) is 3.56. The molecule has 1 atom stereocenters. The van der Waals surface area contributed by atoms with Gasteiger partial charge in [-0.1, -0.05) is 0 Å². The Bertz CT molecular complexity index is 590. The molecule has 0 aliphatic carbocycles. The van der Waals surface area contributed by atoms with E-state index in [-0.39, 0.29) is 12.3 Å². The van der Waals surface area contributed by atoms with Gasteiger partial charge in [-0.3, -0.25) is 4.79 Å². The SMILES string of the molecule is Cc1nc2cc(N3CC(O)CC3=O)ccc2o1. The van der Waals surface area contributed by atoms with Gasteiger partial charge >= 0.3 is 0 Å². The molecule has 5 heteroatoms. The molecule has 1 N–H and O–H groups in total. The van der Waals surface area contributed by atoms with Gasteiger partial charge in [-0.05, 0) is 18.2 Å². The van der Waals surface area contributed by atoms with Crippen molar-refractivity contribution in [2.45, 2.75) is 19.4 Å². The number of hydrogen-bond acceptors (Lipinski definition) is 4. The summed E-state index contributed by atoms with van der Waals surface area (Å²) in [6, 6.07) is 5.41. The molecule has 1 saturated heterocycles. The van der Waals surface area contributed by atoms with Gasteiger partial charge in [0.15, 0.2) is 11.5 Å². The van der Waals surface area contributed by atoms with Crippen LogP contribution in [0.15, 0.2) is 22.6 Å². The van der Waals surface area contributed by atoms with E-state index in [1.165, 1.54) is 0 Å². The highest BCUT2D eigenvalue weighted by molar-refractivity contribution is 5.97. The van der Waals surface area contributed by atoms with Crippen LogP contribution in [-0.4, -0.2) is 28.6 Å². The van der Waals surface area contributed by atoms with Crippen LogP contribution < -0.4 is 4.90 Å². The summed E-state index contributed by atoms with van der Waals surface area (Å²) in [5, 5.41) is 9.45. The first-order valence-electron chi connectivity index (χ1n) is 5.49. The average molecular weight is 232 g/mol. The van der Waals surface area contributed by atoms with Crippen molar-refractivity contribution in [2.24, 2.45) is 0 Å². The van der Waals surface area contributed by atoms with Crippen LogP contribution in [0.1, 0.15) is 12.3 Å². The van der Waals surface area contributed by atoms with Gasteiger partial charge in [-0.15, -0.1) is 0 Å². The molecular weight excluding hydrogens is 220 g/mol. The van der Waals surface area contributed by atoms with Crippen LogP contribution in [-0.2, 0) is 4.79 Å². The molecule has 0 radical (unpaired) electrons. The Morgan fingerprint density at radius 3 is 3.06 bits per heavy atom. The summed E-state index contributed by atoms with van der Waals surface area (Å²) in [6.45, 7) is 2.13. The predicted octanol–water partition coefficient (Wildman–Crippen LogP) is 1.23. The summed E-state index contributed by atoms with van der Waals surface area (Å²) in [6.07, 6.45) is -0.382. The summed E-state index contributed by atoms with van der Waals surface area (Å²) in [7, 11) is 0. The lowest BCUT2D eigenvalue weighted by Crippen LogP contribution is -2.25. The number of amides is 1. The Labute approximate surface area is 97.7 Å². The zero-order chi connectivity index (χ0) is 12.0. The van der Waals surface area contributed by atoms with E-state index in [2.05, 4.69) is 4.98 Å². The number of benzene rings is 1. The maximum atomic E-state index is 11.6. The number of aliphatic hydroxyl groups is 1. The molecule has 2 aromatic rings. The van der Waals surface area contributed by atoms with E-state index in [0.29, 0.717) is 18.0 Å². The molecule has 1 aliphatic rings. The Balaban J connectivity index is 2.03. The Kier molecular flexibility index (Phi) is 2.16. The lowest BCUT2D eigenvalue weighted by Gasteiger charge is -2.15. The first kappa shape index (κ1) is 10.3. The van der Waals surface area contributed by atoms with Crippen molar-refractivity contribution in [1.82, 2.24) is 4.98 Å². The van der Waals surface area contributed by atoms with Crippen molar-refractivity contribution >= 4 is 22.7 Å². The largest absolute Gasteiger partial charge is 0.441 e. The number of aromatic nitrogens is 1. The zero-order valence-corrected chi connectivity index (χ0v) is 9.38. The van der Waals surface area contributed by atoms with E-state index in [1.807, 2.05) is 12.1 Å². The molecule has 5 nitrogen and oxygen atoms in total. The van der Waals surface area contributed by atoms with E-state index in [0.717, 1.165) is 11.2 Å². The minimum absolute atomic E-state index is 0.0583. The van der Waals surface area contributed by atoms with Gasteiger partial charge in [0.25, 0.3) is 0 Å². The summed E-state index contributed by atoms with van der Waals surface area (Å²) in [5.74, 6) is 0.544. The molecule has 3 rings (SSSR count). The smallest absolute Gasteiger partial charge is 0.229 e. The second-order valence-corrected chi connectivity index (χ2v) is 4.25. The number of hydrogen-bond donors (Lipinski definition) is 1. The molecule has 1 aromatic carbocycles. The molecule has 1 aliphatic heterocycles. The minimum atomic E-state index is -0.572. The van der Waals surface area contributed by atoms with Gasteiger partial charge < -0.3 is 14.4 Å². The third kappa shape index (κ3) is 1.68. The van der Waals surface area contributed by atoms with Gasteiger partial charge in [0.05, 0.1) is 19.1 Å². The Morgan fingerprint density at radius 1 is 1.53 bits per heavy atom. The summed E-state index contributed by atoms with van der Waals surface area (Å²) in [5.41, 5.74) is 2.19. The fourth-order valence-electron chi connectivity index (χ4n) is 2.14. The number of carbonyl (C=O) groups excluding carboxylic acids is 1. The molecule has 1 amide bonds. The molecule has 17 heavy (non-hydrogen) atoms. The van der Waals surface area contributed by atoms with Crippen molar-refractivity contribution < 1.29 is 14.3 Å². The average Bonchev–Trinajstić information content (AvgIpc) is 2.78. The number of β-amino-alcohol motifs (C(OH)–C–C–N with tert-alkyl or cyclic N) is 1. The van der Waals surface area contributed by atoms with Crippen LogP contribution in [0.2, 0.25) is 0 Å². The first-order chi connectivity index (χ1) is 8.13. The highest BCUT2D eigenvalue weighted by atomic mass is 16.3. The maximum Gasteiger partial charge on any atom is 0.229 e. The lowest BCUT2D eigenvalue weighted by atomic mass is 10.2. The molecule has 1 aromatic heterocycles. The number of anilines is 1. The molecule has 88 valence electrons. The molecular formula is C12H12N2O3. The Morgan fingerprint density at radius 2 is 2.35 bits per heavy atom. The number of carbonyl (C=O) groups is 1. The van der Waals surface area contributed by atoms with Crippen molar-refractivity contribution in [3.63, 3.8) is 0 Å². The lowest BCUT2D eigenvalue weighted by molar-refractivity contribution is -0.117. The van der Waals surface area contributed by atoms with Gasteiger partial charge in [0, 0.05) is 12.6 Å². The number of rotatable bonds is 1. The predicted molar refractivity (Wildman–Crippen MR) is 61.7 cm³/mol. The first-order valence-corrected chi connectivity index (χ1v) is 5.49. The van der Waals surface area contributed by atoms with E-state index in [9.17, 15) is 9.90 Å². The second-order valence-electron chi connectivity index (χ2n) is 4.25. The van der Waals surface area contributed by atoms with E-state index >= 15 is 0 Å². The maximum absolute atomic E-state index is 11.6. The number of nitrogens with zero attached hydrogens (tertiary/aromatic N) is 2. The summed E-state index contributed by atoms with van der Waals surface area (Å²) >= 11 is 0. The molecule has 1 fully saturated rings. The Hall–Kier alpha value is -1.88. The summed E-state index contributed by atoms with van der Waals surface area (Å²) < 4.78 is 5.37. The van der Waals surface area contributed by atoms with E-state index in [4.69, 9.17) is 4.42 Å². The van der Waals surface area contributed by atoms with E-state index < -0.39 is 6.10 Å². The zero-order valence-electron chi connectivity index (χ0n) is 9.38. The normalized spacial score (nSPS) is 20.5. The monoisotopic (exact) mass is 232 g/mol. The third-order valence-electron chi connectivity index (χ3n) is 2.89. The van der Waals surface area contributed by atoms with Gasteiger partial charge in [-0.25, -0.2) is 4.98 Å². The fraction of sp³-hybridized carbons (Fsp3) is 0.333. The topological polar surface area (TPSA) is 66.6 Å². The quantitative estimate of drug-likeness (QED) is 0.803. The highest BCUT2D eigenvalue weighted by Gasteiger charge is 2.29. The molecule has 0 bridgehead atoms. The number of aliphatic hydroxyl groups excluding tert-OH is 1. The fourth-order valence-corrected chi connectivity index (χ4v) is 2.14. The number of fused-ring (bicyclic) bond motifs is 1. The van der Waals surface area contributed by atoms with Crippen LogP contribution in [0.4, 0.5) is 5.69 Å². The van der Waals surface area contributed by atoms with Crippen molar-refractivity contribution in [3.05, 3.63) is 24.1 Å².